The van der Waals surface area contributed by atoms with Crippen LogP contribution in [-0.4, -0.2) is 46.9 Å². The summed E-state index contributed by atoms with van der Waals surface area (Å²) in [4.78, 5) is 54.6. The van der Waals surface area contributed by atoms with Gasteiger partial charge in [0.2, 0.25) is 0 Å². The Bertz CT molecular complexity index is 1410. The smallest absolute Gasteiger partial charge is 0.350 e. The average molecular weight is 509 g/mol. The molecule has 1 atom stereocenters. The summed E-state index contributed by atoms with van der Waals surface area (Å²) in [7, 11) is 2.69. The van der Waals surface area contributed by atoms with Crippen molar-refractivity contribution < 1.29 is 33.9 Å². The monoisotopic (exact) mass is 509 g/mol. The van der Waals surface area contributed by atoms with Crippen LogP contribution in [-0.2, 0) is 14.3 Å². The molecule has 184 valence electrons. The SMILES string of the molecule is COC(=O)c1sc(N2C(=O)C(=O)/C(=C(/O)c3ccc(OC)cc3)[C@@H]2c2ccc([N+](=O)[O-])cc2)nc1C. The molecule has 11 nitrogen and oxygen atoms in total. The van der Waals surface area contributed by atoms with E-state index in [1.807, 2.05) is 0 Å². The number of aromatic nitrogens is 1. The molecule has 1 saturated heterocycles. The van der Waals surface area contributed by atoms with E-state index < -0.39 is 34.4 Å². The first-order valence-electron chi connectivity index (χ1n) is 10.4. The van der Waals surface area contributed by atoms with E-state index in [1.54, 1.807) is 19.1 Å². The van der Waals surface area contributed by atoms with E-state index in [1.165, 1.54) is 50.6 Å². The van der Waals surface area contributed by atoms with Gasteiger partial charge in [-0.1, -0.05) is 11.3 Å². The number of thiazole rings is 1. The average Bonchev–Trinajstić information content (AvgIpc) is 3.39. The quantitative estimate of drug-likeness (QED) is 0.131. The number of aryl methyl sites for hydroxylation is 1. The van der Waals surface area contributed by atoms with Gasteiger partial charge in [0.15, 0.2) is 5.13 Å². The molecule has 0 aliphatic carbocycles. The van der Waals surface area contributed by atoms with Crippen molar-refractivity contribution in [1.29, 1.82) is 0 Å². The van der Waals surface area contributed by atoms with E-state index in [9.17, 15) is 29.6 Å². The molecule has 1 fully saturated rings. The number of non-ortho nitro benzene ring substituents is 1. The van der Waals surface area contributed by atoms with Gasteiger partial charge in [-0.05, 0) is 48.9 Å². The second-order valence-corrected chi connectivity index (χ2v) is 8.63. The Labute approximate surface area is 208 Å². The minimum atomic E-state index is -1.16. The van der Waals surface area contributed by atoms with Crippen LogP contribution in [0.1, 0.15) is 32.5 Å². The number of anilines is 1. The van der Waals surface area contributed by atoms with Crippen LogP contribution in [0.3, 0.4) is 0 Å². The summed E-state index contributed by atoms with van der Waals surface area (Å²) in [5, 5.41) is 22.3. The summed E-state index contributed by atoms with van der Waals surface area (Å²) in [6, 6.07) is 10.3. The number of aliphatic hydroxyl groups excluding tert-OH is 1. The Balaban J connectivity index is 1.92. The van der Waals surface area contributed by atoms with Gasteiger partial charge in [-0.15, -0.1) is 0 Å². The van der Waals surface area contributed by atoms with Crippen molar-refractivity contribution in [2.45, 2.75) is 13.0 Å². The van der Waals surface area contributed by atoms with E-state index in [-0.39, 0.29) is 26.8 Å². The topological polar surface area (TPSA) is 149 Å². The van der Waals surface area contributed by atoms with Crippen molar-refractivity contribution in [3.8, 4) is 5.75 Å². The molecule has 0 saturated carbocycles. The van der Waals surface area contributed by atoms with Gasteiger partial charge in [0, 0.05) is 17.7 Å². The second-order valence-electron chi connectivity index (χ2n) is 7.65. The largest absolute Gasteiger partial charge is 0.507 e. The third-order valence-corrected chi connectivity index (χ3v) is 6.73. The standard InChI is InChI=1S/C24H19N3O8S/c1-12-21(23(31)35-3)36-24(25-12)26-18(13-4-8-15(9-5-13)27(32)33)17(20(29)22(26)30)19(28)14-6-10-16(34-2)11-7-14/h4-11,18,28H,1-3H3/b19-17+/t18-/m0/s1. The highest BCUT2D eigenvalue weighted by atomic mass is 32.1. The highest BCUT2D eigenvalue weighted by molar-refractivity contribution is 7.17. The maximum absolute atomic E-state index is 13.2. The van der Waals surface area contributed by atoms with Gasteiger partial charge in [-0.3, -0.25) is 24.6 Å². The number of Topliss-reactive ketones (excluding diaryl/α,β-unsaturated/α-hetero) is 1. The van der Waals surface area contributed by atoms with Crippen LogP contribution in [0.4, 0.5) is 10.8 Å². The molecule has 1 amide bonds. The number of hydrogen-bond acceptors (Lipinski definition) is 10. The number of amides is 1. The zero-order valence-electron chi connectivity index (χ0n) is 19.3. The molecule has 3 aromatic rings. The van der Waals surface area contributed by atoms with Gasteiger partial charge in [0.1, 0.15) is 16.4 Å². The third-order valence-electron chi connectivity index (χ3n) is 5.59. The Morgan fingerprint density at radius 2 is 1.75 bits per heavy atom. The van der Waals surface area contributed by atoms with E-state index in [0.29, 0.717) is 17.0 Å². The number of ether oxygens (including phenoxy) is 2. The Morgan fingerprint density at radius 1 is 1.11 bits per heavy atom. The molecular weight excluding hydrogens is 490 g/mol. The molecule has 1 aliphatic rings. The van der Waals surface area contributed by atoms with E-state index >= 15 is 0 Å². The van der Waals surface area contributed by atoms with Gasteiger partial charge >= 0.3 is 11.9 Å². The number of esters is 1. The van der Waals surface area contributed by atoms with Crippen molar-refractivity contribution in [2.75, 3.05) is 19.1 Å². The summed E-state index contributed by atoms with van der Waals surface area (Å²) >= 11 is 0.854. The third kappa shape index (κ3) is 4.18. The molecule has 0 spiro atoms. The van der Waals surface area contributed by atoms with Crippen LogP contribution in [0.5, 0.6) is 5.75 Å². The Morgan fingerprint density at radius 3 is 2.31 bits per heavy atom. The lowest BCUT2D eigenvalue weighted by Gasteiger charge is -2.23. The zero-order chi connectivity index (χ0) is 26.1. The number of rotatable bonds is 6. The summed E-state index contributed by atoms with van der Waals surface area (Å²) in [5.74, 6) is -2.52. The molecule has 2 heterocycles. The normalized spacial score (nSPS) is 16.8. The number of nitro groups is 1. The lowest BCUT2D eigenvalue weighted by Crippen LogP contribution is -2.29. The molecule has 0 bridgehead atoms. The van der Waals surface area contributed by atoms with Gasteiger partial charge < -0.3 is 14.6 Å². The van der Waals surface area contributed by atoms with Crippen molar-refractivity contribution >= 4 is 45.6 Å². The van der Waals surface area contributed by atoms with Crippen molar-refractivity contribution in [1.82, 2.24) is 4.98 Å². The van der Waals surface area contributed by atoms with Crippen LogP contribution in [0.25, 0.3) is 5.76 Å². The lowest BCUT2D eigenvalue weighted by atomic mass is 9.95. The van der Waals surface area contributed by atoms with Gasteiger partial charge in [-0.2, -0.15) is 0 Å². The fraction of sp³-hybridized carbons (Fsp3) is 0.167. The molecule has 1 aromatic heterocycles. The molecule has 4 rings (SSSR count). The number of nitrogens with zero attached hydrogens (tertiary/aromatic N) is 3. The Hall–Kier alpha value is -4.58. The van der Waals surface area contributed by atoms with Crippen LogP contribution in [0.15, 0.2) is 54.1 Å². The fourth-order valence-electron chi connectivity index (χ4n) is 3.80. The van der Waals surface area contributed by atoms with Crippen molar-refractivity contribution in [3.05, 3.63) is 85.9 Å². The van der Waals surface area contributed by atoms with E-state index in [2.05, 4.69) is 4.98 Å². The summed E-state index contributed by atoms with van der Waals surface area (Å²) < 4.78 is 9.89. The maximum Gasteiger partial charge on any atom is 0.350 e. The molecule has 2 aromatic carbocycles. The van der Waals surface area contributed by atoms with Gasteiger partial charge in [0.25, 0.3) is 11.5 Å². The molecule has 1 aliphatic heterocycles. The Kier molecular flexibility index (Phi) is 6.53. The molecular formula is C24H19N3O8S. The first-order chi connectivity index (χ1) is 17.2. The fourth-order valence-corrected chi connectivity index (χ4v) is 4.81. The minimum Gasteiger partial charge on any atom is -0.507 e. The summed E-state index contributed by atoms with van der Waals surface area (Å²) in [6.07, 6.45) is 0. The lowest BCUT2D eigenvalue weighted by molar-refractivity contribution is -0.384. The van der Waals surface area contributed by atoms with Crippen LogP contribution in [0, 0.1) is 17.0 Å². The van der Waals surface area contributed by atoms with Gasteiger partial charge in [-0.25, -0.2) is 9.78 Å². The van der Waals surface area contributed by atoms with Crippen LogP contribution in [0.2, 0.25) is 0 Å². The minimum absolute atomic E-state index is 0.0344. The predicted octanol–water partition coefficient (Wildman–Crippen LogP) is 3.78. The number of carbonyl (C=O) groups excluding carboxylic acids is 3. The highest BCUT2D eigenvalue weighted by Gasteiger charge is 2.48. The molecule has 0 radical (unpaired) electrons. The van der Waals surface area contributed by atoms with Gasteiger partial charge in [0.05, 0.1) is 36.5 Å². The number of carbonyl (C=O) groups is 3. The van der Waals surface area contributed by atoms with Crippen LogP contribution < -0.4 is 9.64 Å². The number of hydrogen-bond donors (Lipinski definition) is 1. The first-order valence-corrected chi connectivity index (χ1v) is 11.2. The number of aliphatic hydroxyl groups is 1. The summed E-state index contributed by atoms with van der Waals surface area (Å²) in [5.41, 5.74) is 0.449. The van der Waals surface area contributed by atoms with E-state index in [4.69, 9.17) is 9.47 Å². The predicted molar refractivity (Wildman–Crippen MR) is 129 cm³/mol. The summed E-state index contributed by atoms with van der Waals surface area (Å²) in [6.45, 7) is 1.56. The maximum atomic E-state index is 13.2. The van der Waals surface area contributed by atoms with Crippen molar-refractivity contribution in [2.24, 2.45) is 0 Å². The zero-order valence-corrected chi connectivity index (χ0v) is 20.1. The number of nitro benzene ring substituents is 1. The highest BCUT2D eigenvalue weighted by Crippen LogP contribution is 2.44. The number of benzene rings is 2. The molecule has 12 heteroatoms. The van der Waals surface area contributed by atoms with Crippen molar-refractivity contribution in [3.63, 3.8) is 0 Å². The number of methoxy groups -OCH3 is 2. The second kappa shape index (κ2) is 9.58. The molecule has 0 unspecified atom stereocenters. The van der Waals surface area contributed by atoms with Crippen LogP contribution >= 0.6 is 11.3 Å². The number of ketones is 1. The van der Waals surface area contributed by atoms with E-state index in [0.717, 1.165) is 16.2 Å². The molecule has 1 N–H and O–H groups in total. The first kappa shape index (κ1) is 24.5. The molecule has 36 heavy (non-hydrogen) atoms.